The number of phenols is 1. The lowest BCUT2D eigenvalue weighted by atomic mass is 10.2. The third-order valence-electron chi connectivity index (χ3n) is 3.96. The summed E-state index contributed by atoms with van der Waals surface area (Å²) in [6.07, 6.45) is 1.43. The van der Waals surface area contributed by atoms with E-state index in [2.05, 4.69) is 26.5 Å². The predicted molar refractivity (Wildman–Crippen MR) is 115 cm³/mol. The molecule has 30 heavy (non-hydrogen) atoms. The number of hydrazone groups is 1. The van der Waals surface area contributed by atoms with Crippen LogP contribution in [0.5, 0.6) is 17.2 Å². The van der Waals surface area contributed by atoms with Crippen LogP contribution in [-0.2, 0) is 0 Å². The molecule has 0 spiro atoms. The molecule has 0 aliphatic rings. The quantitative estimate of drug-likeness (QED) is 0.245. The summed E-state index contributed by atoms with van der Waals surface area (Å²) in [6, 6.07) is 17.5. The maximum absolute atomic E-state index is 12.3. The smallest absolute Gasteiger partial charge is 0.343 e. The van der Waals surface area contributed by atoms with Gasteiger partial charge in [0.25, 0.3) is 5.91 Å². The molecule has 0 aromatic heterocycles. The van der Waals surface area contributed by atoms with E-state index in [1.807, 2.05) is 6.07 Å². The van der Waals surface area contributed by atoms with E-state index in [0.29, 0.717) is 22.4 Å². The molecule has 0 saturated heterocycles. The lowest BCUT2D eigenvalue weighted by molar-refractivity contribution is 0.0729. The van der Waals surface area contributed by atoms with Crippen molar-refractivity contribution in [1.29, 1.82) is 0 Å². The molecule has 0 saturated carbocycles. The van der Waals surface area contributed by atoms with Crippen molar-refractivity contribution in [2.24, 2.45) is 5.10 Å². The first kappa shape index (κ1) is 21.1. The monoisotopic (exact) mass is 468 g/mol. The normalized spacial score (nSPS) is 10.6. The topological polar surface area (TPSA) is 97.2 Å². The van der Waals surface area contributed by atoms with Crippen LogP contribution in [0.25, 0.3) is 0 Å². The first-order chi connectivity index (χ1) is 14.5. The lowest BCUT2D eigenvalue weighted by Crippen LogP contribution is -2.17. The number of aromatic hydroxyl groups is 1. The van der Waals surface area contributed by atoms with Crippen LogP contribution < -0.4 is 14.9 Å². The van der Waals surface area contributed by atoms with Crippen LogP contribution in [0.3, 0.4) is 0 Å². The molecule has 0 atom stereocenters. The second-order valence-electron chi connectivity index (χ2n) is 6.06. The van der Waals surface area contributed by atoms with Gasteiger partial charge in [0.05, 0.1) is 18.9 Å². The molecule has 0 unspecified atom stereocenters. The number of phenolic OH excluding ortho intramolecular Hbond substituents is 1. The molecular weight excluding hydrogens is 452 g/mol. The minimum absolute atomic E-state index is 0.0721. The Bertz CT molecular complexity index is 1100. The lowest BCUT2D eigenvalue weighted by Gasteiger charge is -2.10. The number of halogens is 1. The summed E-state index contributed by atoms with van der Waals surface area (Å²) >= 11 is 3.32. The largest absolute Gasteiger partial charge is 0.508 e. The van der Waals surface area contributed by atoms with Crippen molar-refractivity contribution in [2.75, 3.05) is 7.11 Å². The first-order valence-corrected chi connectivity index (χ1v) is 9.54. The standard InChI is InChI=1S/C22H17BrN2O5/c1-29-20-11-14(13-24-25-21(27)15-6-8-18(26)9-7-15)5-10-19(20)30-22(28)16-3-2-4-17(23)12-16/h2-13,26H,1H3,(H,25,27)/b24-13+. The van der Waals surface area contributed by atoms with Crippen molar-refractivity contribution < 1.29 is 24.2 Å². The van der Waals surface area contributed by atoms with Gasteiger partial charge in [-0.1, -0.05) is 22.0 Å². The van der Waals surface area contributed by atoms with Crippen LogP contribution in [0, 0.1) is 0 Å². The van der Waals surface area contributed by atoms with Crippen LogP contribution in [0.2, 0.25) is 0 Å². The predicted octanol–water partition coefficient (Wildman–Crippen LogP) is 4.15. The molecule has 1 amide bonds. The van der Waals surface area contributed by atoms with Crippen molar-refractivity contribution in [3.05, 3.63) is 87.9 Å². The Labute approximate surface area is 181 Å². The molecule has 3 aromatic rings. The van der Waals surface area contributed by atoms with E-state index in [1.165, 1.54) is 37.6 Å². The third-order valence-corrected chi connectivity index (χ3v) is 4.45. The van der Waals surface area contributed by atoms with Gasteiger partial charge in [0.2, 0.25) is 0 Å². The summed E-state index contributed by atoms with van der Waals surface area (Å²) in [5.74, 6) is -0.266. The summed E-state index contributed by atoms with van der Waals surface area (Å²) in [7, 11) is 1.46. The van der Waals surface area contributed by atoms with Gasteiger partial charge in [-0.3, -0.25) is 4.79 Å². The molecule has 8 heteroatoms. The molecule has 7 nitrogen and oxygen atoms in total. The van der Waals surface area contributed by atoms with Gasteiger partial charge in [0.1, 0.15) is 5.75 Å². The Morgan fingerprint density at radius 2 is 1.77 bits per heavy atom. The first-order valence-electron chi connectivity index (χ1n) is 8.74. The number of hydrogen-bond donors (Lipinski definition) is 2. The van der Waals surface area contributed by atoms with Gasteiger partial charge in [-0.05, 0) is 66.2 Å². The highest BCUT2D eigenvalue weighted by Crippen LogP contribution is 2.28. The molecule has 0 aliphatic heterocycles. The Morgan fingerprint density at radius 3 is 2.47 bits per heavy atom. The average molecular weight is 469 g/mol. The molecule has 0 bridgehead atoms. The fourth-order valence-corrected chi connectivity index (χ4v) is 2.87. The van der Waals surface area contributed by atoms with Crippen molar-refractivity contribution >= 4 is 34.0 Å². The van der Waals surface area contributed by atoms with E-state index in [4.69, 9.17) is 9.47 Å². The van der Waals surface area contributed by atoms with Crippen LogP contribution in [-0.4, -0.2) is 30.3 Å². The van der Waals surface area contributed by atoms with Gasteiger partial charge in [-0.15, -0.1) is 0 Å². The summed E-state index contributed by atoms with van der Waals surface area (Å²) < 4.78 is 11.5. The van der Waals surface area contributed by atoms with E-state index in [0.717, 1.165) is 4.47 Å². The SMILES string of the molecule is COc1cc(/C=N/NC(=O)c2ccc(O)cc2)ccc1OC(=O)c1cccc(Br)c1. The highest BCUT2D eigenvalue weighted by atomic mass is 79.9. The van der Waals surface area contributed by atoms with Gasteiger partial charge >= 0.3 is 5.97 Å². The van der Waals surface area contributed by atoms with E-state index in [9.17, 15) is 14.7 Å². The minimum Gasteiger partial charge on any atom is -0.508 e. The molecule has 0 aliphatic carbocycles. The second kappa shape index (κ2) is 9.71. The number of ether oxygens (including phenoxy) is 2. The van der Waals surface area contributed by atoms with Crippen LogP contribution >= 0.6 is 15.9 Å². The Kier molecular flexibility index (Phi) is 6.82. The molecule has 0 fully saturated rings. The van der Waals surface area contributed by atoms with Crippen molar-refractivity contribution in [2.45, 2.75) is 0 Å². The van der Waals surface area contributed by atoms with E-state index < -0.39 is 11.9 Å². The van der Waals surface area contributed by atoms with E-state index in [1.54, 1.807) is 36.4 Å². The third kappa shape index (κ3) is 5.45. The number of esters is 1. The maximum atomic E-state index is 12.3. The zero-order valence-corrected chi connectivity index (χ0v) is 17.4. The number of methoxy groups -OCH3 is 1. The summed E-state index contributed by atoms with van der Waals surface area (Å²) in [4.78, 5) is 24.3. The molecule has 0 radical (unpaired) electrons. The number of nitrogens with zero attached hydrogens (tertiary/aromatic N) is 1. The van der Waals surface area contributed by atoms with E-state index >= 15 is 0 Å². The van der Waals surface area contributed by atoms with Gasteiger partial charge in [-0.25, -0.2) is 10.2 Å². The van der Waals surface area contributed by atoms with Crippen molar-refractivity contribution in [3.63, 3.8) is 0 Å². The molecule has 3 aromatic carbocycles. The number of benzene rings is 3. The number of nitrogens with one attached hydrogen (secondary N) is 1. The van der Waals surface area contributed by atoms with Crippen molar-refractivity contribution in [1.82, 2.24) is 5.43 Å². The van der Waals surface area contributed by atoms with Gasteiger partial charge in [0, 0.05) is 10.0 Å². The Hall–Kier alpha value is -3.65. The summed E-state index contributed by atoms with van der Waals surface area (Å²) in [5.41, 5.74) is 3.78. The molecule has 2 N–H and O–H groups in total. The Balaban J connectivity index is 1.67. The highest BCUT2D eigenvalue weighted by molar-refractivity contribution is 9.10. The summed E-state index contributed by atoms with van der Waals surface area (Å²) in [5, 5.41) is 13.2. The molecular formula is C22H17BrN2O5. The zero-order valence-electron chi connectivity index (χ0n) is 15.8. The minimum atomic E-state index is -0.517. The van der Waals surface area contributed by atoms with Gasteiger partial charge in [0.15, 0.2) is 11.5 Å². The molecule has 152 valence electrons. The maximum Gasteiger partial charge on any atom is 0.343 e. The van der Waals surface area contributed by atoms with Crippen LogP contribution in [0.4, 0.5) is 0 Å². The number of hydrogen-bond acceptors (Lipinski definition) is 6. The van der Waals surface area contributed by atoms with Crippen LogP contribution in [0.1, 0.15) is 26.3 Å². The Morgan fingerprint density at radius 1 is 1.00 bits per heavy atom. The molecule has 0 heterocycles. The zero-order chi connectivity index (χ0) is 21.5. The van der Waals surface area contributed by atoms with E-state index in [-0.39, 0.29) is 11.5 Å². The fraction of sp³-hybridized carbons (Fsp3) is 0.0455. The highest BCUT2D eigenvalue weighted by Gasteiger charge is 2.13. The average Bonchev–Trinajstić information content (AvgIpc) is 2.75. The van der Waals surface area contributed by atoms with Gasteiger partial charge < -0.3 is 14.6 Å². The number of rotatable bonds is 6. The molecule has 3 rings (SSSR count). The van der Waals surface area contributed by atoms with Gasteiger partial charge in [-0.2, -0.15) is 5.10 Å². The summed E-state index contributed by atoms with van der Waals surface area (Å²) in [6.45, 7) is 0. The second-order valence-corrected chi connectivity index (χ2v) is 6.97. The van der Waals surface area contributed by atoms with Crippen molar-refractivity contribution in [3.8, 4) is 17.2 Å². The number of carbonyl (C=O) groups is 2. The number of carbonyl (C=O) groups excluding carboxylic acids is 2. The number of amides is 1. The van der Waals surface area contributed by atoms with Crippen LogP contribution in [0.15, 0.2) is 76.3 Å². The fourth-order valence-electron chi connectivity index (χ4n) is 2.47.